The third kappa shape index (κ3) is 3.19. The average molecular weight is 302 g/mol. The van der Waals surface area contributed by atoms with E-state index in [4.69, 9.17) is 20.6 Å². The highest BCUT2D eigenvalue weighted by Crippen LogP contribution is 2.21. The molecule has 1 aliphatic heterocycles. The minimum absolute atomic E-state index is 0.416. The van der Waals surface area contributed by atoms with Gasteiger partial charge in [-0.15, -0.1) is 0 Å². The summed E-state index contributed by atoms with van der Waals surface area (Å²) in [7, 11) is 1.11. The molecule has 1 saturated heterocycles. The number of fused-ring (bicyclic) bond motifs is 1. The number of cyclic esters (lactones) is 1. The average Bonchev–Trinajstić information content (AvgIpc) is 3.14. The van der Waals surface area contributed by atoms with Gasteiger partial charge >= 0.3 is 6.09 Å². The second-order valence-corrected chi connectivity index (χ2v) is 4.23. The molecular weight excluding hydrogens is 266 g/mol. The molecule has 1 fully saturated rings. The van der Waals surface area contributed by atoms with Crippen molar-refractivity contribution in [3.8, 4) is 0 Å². The quantitative estimate of drug-likeness (QED) is 0.887. The summed E-state index contributed by atoms with van der Waals surface area (Å²) in [6.07, 6.45) is -6.97. The summed E-state index contributed by atoms with van der Waals surface area (Å²) in [6, 6.07) is -6.40. The smallest absolute Gasteiger partial charge is 0.407 e. The highest BCUT2D eigenvalue weighted by molar-refractivity contribution is 5.84. The fourth-order valence-corrected chi connectivity index (χ4v) is 1.69. The molecule has 0 unspecified atom stereocenters. The number of aromatic nitrogens is 1. The first kappa shape index (κ1) is 4.74. The number of ether oxygens (including phenoxy) is 1. The molecule has 112 valence electrons. The Morgan fingerprint density at radius 2 is 2.67 bits per heavy atom. The number of hydrogen-bond donors (Lipinski definition) is 2. The van der Waals surface area contributed by atoms with Gasteiger partial charge in [0.05, 0.1) is 14.2 Å². The zero-order valence-corrected chi connectivity index (χ0v) is 10.9. The maximum atomic E-state index is 11.8. The fraction of sp³-hybridized carbons (Fsp3) is 0.438. The highest BCUT2D eigenvalue weighted by atomic mass is 16.6. The van der Waals surface area contributed by atoms with Crippen LogP contribution in [0.25, 0.3) is 10.9 Å². The minimum atomic E-state index is -3.54. The van der Waals surface area contributed by atoms with Crippen molar-refractivity contribution in [2.75, 3.05) is 27.1 Å². The van der Waals surface area contributed by atoms with Gasteiger partial charge < -0.3 is 19.9 Å². The van der Waals surface area contributed by atoms with Crippen molar-refractivity contribution in [1.29, 1.82) is 0 Å². The van der Waals surface area contributed by atoms with E-state index in [9.17, 15) is 4.79 Å². The van der Waals surface area contributed by atoms with E-state index in [2.05, 4.69) is 4.74 Å². The fourth-order valence-electron chi connectivity index (χ4n) is 1.69. The van der Waals surface area contributed by atoms with E-state index < -0.39 is 90.4 Å². The van der Waals surface area contributed by atoms with Crippen molar-refractivity contribution in [1.82, 2.24) is 15.2 Å². The molecule has 1 aromatic heterocycles. The largest absolute Gasteiger partial charge is 0.447 e. The summed E-state index contributed by atoms with van der Waals surface area (Å²) in [5.74, 6) is 0. The number of benzene rings is 1. The standard InChI is InChI=1S/C16H21N3O2/c1-19(2)6-5-12-9-17-15-4-3-11(8-14(12)15)7-13-10-21-16(20)18-13/h3-4,8-9,13,17H,5-7,10H2,1-2H3,(H,18,20)/t13-/m0/s1/i1D3,3D,4D,5D2,7D2,8D,10D2,13D/hD2. The van der Waals surface area contributed by atoms with E-state index in [0.717, 1.165) is 13.2 Å². The Balaban J connectivity index is 2.37. The van der Waals surface area contributed by atoms with E-state index in [1.165, 1.54) is 0 Å². The van der Waals surface area contributed by atoms with Gasteiger partial charge in [0.1, 0.15) is 6.56 Å². The van der Waals surface area contributed by atoms with Gasteiger partial charge in [-0.1, -0.05) is 6.04 Å². The van der Waals surface area contributed by atoms with Gasteiger partial charge in [0.15, 0.2) is 2.82 Å². The van der Waals surface area contributed by atoms with E-state index in [1.807, 2.05) is 0 Å². The summed E-state index contributed by atoms with van der Waals surface area (Å²) in [5, 5.41) is -0.958. The monoisotopic (exact) mass is 302 g/mol. The molecule has 0 saturated carbocycles. The number of carbonyl (C=O) groups is 1. The molecule has 3 rings (SSSR count). The van der Waals surface area contributed by atoms with Crippen LogP contribution in [0.3, 0.4) is 0 Å². The van der Waals surface area contributed by atoms with Crippen LogP contribution in [0.4, 0.5) is 4.79 Å². The van der Waals surface area contributed by atoms with Gasteiger partial charge in [0.25, 0.3) is 0 Å². The van der Waals surface area contributed by atoms with Crippen molar-refractivity contribution >= 4 is 17.0 Å². The van der Waals surface area contributed by atoms with Gasteiger partial charge in [0, 0.05) is 33.2 Å². The van der Waals surface area contributed by atoms with Crippen LogP contribution < -0.4 is 5.31 Å². The van der Waals surface area contributed by atoms with Crippen LogP contribution >= 0.6 is 0 Å². The zero-order valence-electron chi connectivity index (χ0n) is 25.9. The molecule has 5 nitrogen and oxygen atoms in total. The number of rotatable bonds is 5. The van der Waals surface area contributed by atoms with Gasteiger partial charge in [-0.3, -0.25) is 0 Å². The maximum Gasteiger partial charge on any atom is 0.407 e. The third-order valence-electron chi connectivity index (χ3n) is 2.57. The number of aromatic amines is 1. The molecule has 0 aliphatic carbocycles. The van der Waals surface area contributed by atoms with E-state index in [0.29, 0.717) is 9.88 Å². The van der Waals surface area contributed by atoms with Gasteiger partial charge in [-0.05, 0) is 50.0 Å². The first-order chi connectivity index (χ1) is 16.0. The van der Waals surface area contributed by atoms with Crippen molar-refractivity contribution in [3.05, 3.63) is 35.5 Å². The van der Waals surface area contributed by atoms with Crippen molar-refractivity contribution < 1.29 is 30.2 Å². The molecule has 21 heavy (non-hydrogen) atoms. The van der Waals surface area contributed by atoms with Crippen molar-refractivity contribution in [3.63, 3.8) is 0 Å². The first-order valence-electron chi connectivity index (χ1n) is 13.3. The molecule has 0 bridgehead atoms. The lowest BCUT2D eigenvalue weighted by Crippen LogP contribution is -2.28. The lowest BCUT2D eigenvalue weighted by Gasteiger charge is -2.09. The number of amides is 1. The van der Waals surface area contributed by atoms with Crippen molar-refractivity contribution in [2.24, 2.45) is 0 Å². The SMILES string of the molecule is [2H]c1c(C([2H])([2H])[C@]2([2H])N([2H])C(=O)OC2([2H])[2H])c([2H])c2c(C([2H])([2H])CN(C)C([2H])([2H])[2H])cn([2H])c2c1[2H]. The molecule has 2 aromatic rings. The number of H-pyrrole nitrogens is 1. The summed E-state index contributed by atoms with van der Waals surface area (Å²) < 4.78 is 126. The summed E-state index contributed by atoms with van der Waals surface area (Å²) in [5.41, 5.74) is -2.08. The molecule has 1 atom stereocenters. The predicted octanol–water partition coefficient (Wildman–Crippen LogP) is 1.92. The van der Waals surface area contributed by atoms with Crippen molar-refractivity contribution in [2.45, 2.75) is 18.8 Å². The lowest BCUT2D eigenvalue weighted by molar-refractivity contribution is 0.177. The van der Waals surface area contributed by atoms with Gasteiger partial charge in [-0.25, -0.2) is 4.79 Å². The predicted molar refractivity (Wildman–Crippen MR) is 82.5 cm³/mol. The third-order valence-corrected chi connectivity index (χ3v) is 2.57. The Kier molecular flexibility index (Phi) is 1.30. The Morgan fingerprint density at radius 1 is 1.76 bits per heavy atom. The number of hydrogen-bond acceptors (Lipinski definition) is 3. The van der Waals surface area contributed by atoms with Gasteiger partial charge in [0.2, 0.25) is 0 Å². The van der Waals surface area contributed by atoms with Crippen LogP contribution in [0.2, 0.25) is 2.82 Å². The number of nitrogens with one attached hydrogen (secondary N) is 2. The second-order valence-electron chi connectivity index (χ2n) is 4.23. The van der Waals surface area contributed by atoms with Gasteiger partial charge in [-0.2, -0.15) is 0 Å². The minimum Gasteiger partial charge on any atom is -0.447 e. The normalized spacial score (nSPS) is 37.0. The van der Waals surface area contributed by atoms with E-state index in [-0.39, 0.29) is 0 Å². The molecule has 2 heterocycles. The Morgan fingerprint density at radius 3 is 3.43 bits per heavy atom. The summed E-state index contributed by atoms with van der Waals surface area (Å²) >= 11 is 0. The Bertz CT molecular complexity index is 1240. The van der Waals surface area contributed by atoms with Crippen LogP contribution in [0.15, 0.2) is 24.3 Å². The van der Waals surface area contributed by atoms with E-state index in [1.54, 1.807) is 0 Å². The Hall–Kier alpha value is -2.01. The molecule has 2 N–H and O–H groups in total. The van der Waals surface area contributed by atoms with Crippen LogP contribution in [-0.4, -0.2) is 49.1 Å². The lowest BCUT2D eigenvalue weighted by atomic mass is 10.0. The molecule has 1 aromatic carbocycles. The van der Waals surface area contributed by atoms with Crippen LogP contribution in [0, 0.1) is 0 Å². The number of nitrogens with zero attached hydrogens (tertiary/aromatic N) is 1. The number of carbonyl (C=O) groups excluding carboxylic acids is 1. The highest BCUT2D eigenvalue weighted by Gasteiger charge is 2.22. The summed E-state index contributed by atoms with van der Waals surface area (Å²) in [4.78, 5) is 13.0. The van der Waals surface area contributed by atoms with E-state index >= 15 is 0 Å². The second kappa shape index (κ2) is 5.77. The maximum absolute atomic E-state index is 11.8. The van der Waals surface area contributed by atoms with Crippen LogP contribution in [-0.2, 0) is 17.5 Å². The molecule has 0 spiro atoms. The molecule has 1 amide bonds. The molecule has 0 radical (unpaired) electrons. The zero-order chi connectivity index (χ0) is 28.0. The van der Waals surface area contributed by atoms with Crippen LogP contribution in [0.1, 0.15) is 28.9 Å². The Labute approximate surface area is 145 Å². The topological polar surface area (TPSA) is 57.4 Å². The molecular formula is C16H21N3O2. The molecule has 5 heteroatoms. The van der Waals surface area contributed by atoms with Crippen LogP contribution in [0.5, 0.6) is 0 Å². The molecule has 1 aliphatic rings. The first-order valence-corrected chi connectivity index (χ1v) is 5.92. The number of alkyl carbamates (subject to hydrolysis) is 1. The summed E-state index contributed by atoms with van der Waals surface area (Å²) in [6.45, 7) is -6.91. The number of likely N-dealkylation sites (N-methyl/N-ethyl adjacent to an activating group) is 1.